The highest BCUT2D eigenvalue weighted by molar-refractivity contribution is 6.75. The topological polar surface area (TPSA) is 53.7 Å². The lowest BCUT2D eigenvalue weighted by Gasteiger charge is -2.30. The zero-order chi connectivity index (χ0) is 15.6. The molecule has 1 unspecified atom stereocenters. The zero-order valence-electron chi connectivity index (χ0n) is 12.7. The van der Waals surface area contributed by atoms with E-state index in [2.05, 4.69) is 12.2 Å². The molecule has 0 amide bonds. The van der Waals surface area contributed by atoms with Crippen LogP contribution in [0.2, 0.25) is 0 Å². The average molecular weight is 313 g/mol. The third-order valence-corrected chi connectivity index (χ3v) is 6.51. The van der Waals surface area contributed by atoms with E-state index >= 15 is 0 Å². The number of rotatable bonds is 6. The smallest absolute Gasteiger partial charge is 0.373 e. The van der Waals surface area contributed by atoms with Crippen LogP contribution in [-0.2, 0) is 13.3 Å². The summed E-state index contributed by atoms with van der Waals surface area (Å²) in [7, 11) is 0.165. The molecule has 2 aromatic rings. The summed E-state index contributed by atoms with van der Waals surface area (Å²) < 4.78 is 17.3. The van der Waals surface area contributed by atoms with Gasteiger partial charge in [-0.25, -0.2) is 0 Å². The van der Waals surface area contributed by atoms with Crippen molar-refractivity contribution in [2.75, 3.05) is 14.2 Å². The molecule has 5 heteroatoms. The van der Waals surface area contributed by atoms with Gasteiger partial charge in [-0.2, -0.15) is 0 Å². The first-order valence-electron chi connectivity index (χ1n) is 7.10. The maximum atomic E-state index is 6.24. The average Bonchev–Trinajstić information content (AvgIpc) is 2.54. The minimum absolute atomic E-state index is 0.605. The second-order valence-electron chi connectivity index (χ2n) is 5.09. The van der Waals surface area contributed by atoms with E-state index in [1.54, 1.807) is 14.2 Å². The Bertz CT molecular complexity index is 684. The van der Waals surface area contributed by atoms with Gasteiger partial charge in [-0.05, 0) is 22.8 Å². The van der Waals surface area contributed by atoms with Gasteiger partial charge in [0.1, 0.15) is 6.23 Å². The minimum Gasteiger partial charge on any atom is -0.373 e. The van der Waals surface area contributed by atoms with Gasteiger partial charge in [0, 0.05) is 19.4 Å². The van der Waals surface area contributed by atoms with E-state index in [9.17, 15) is 0 Å². The molecule has 1 aliphatic rings. The van der Waals surface area contributed by atoms with Crippen LogP contribution in [0.1, 0.15) is 22.9 Å². The molecule has 0 bridgehead atoms. The van der Waals surface area contributed by atoms with Gasteiger partial charge in [0.25, 0.3) is 0 Å². The fourth-order valence-corrected chi connectivity index (χ4v) is 4.55. The molecule has 114 valence electrons. The molecule has 1 aliphatic carbocycles. The highest BCUT2D eigenvalue weighted by Gasteiger charge is 2.43. The van der Waals surface area contributed by atoms with Gasteiger partial charge in [-0.1, -0.05) is 54.6 Å². The van der Waals surface area contributed by atoms with Crippen LogP contribution >= 0.6 is 0 Å². The van der Waals surface area contributed by atoms with E-state index in [0.29, 0.717) is 0 Å². The van der Waals surface area contributed by atoms with E-state index in [4.69, 9.17) is 19.0 Å². The number of hydrogen-bond donors (Lipinski definition) is 1. The summed E-state index contributed by atoms with van der Waals surface area (Å²) in [6.45, 7) is 0. The van der Waals surface area contributed by atoms with Crippen LogP contribution in [0.4, 0.5) is 0 Å². The Kier molecular flexibility index (Phi) is 4.24. The van der Waals surface area contributed by atoms with Crippen molar-refractivity contribution >= 4 is 26.1 Å². The van der Waals surface area contributed by atoms with Crippen LogP contribution in [-0.4, -0.2) is 23.0 Å². The van der Waals surface area contributed by atoms with Crippen molar-refractivity contribution < 1.29 is 13.3 Å². The molecule has 0 saturated heterocycles. The highest BCUT2D eigenvalue weighted by atomic mass is 28.4. The molecular weight excluding hydrogens is 294 g/mol. The Hall–Kier alpha value is -1.76. The first-order chi connectivity index (χ1) is 10.7. The van der Waals surface area contributed by atoms with Gasteiger partial charge < -0.3 is 19.0 Å². The Labute approximate surface area is 131 Å². The van der Waals surface area contributed by atoms with Gasteiger partial charge in [0.2, 0.25) is 0 Å². The first kappa shape index (κ1) is 15.1. The second kappa shape index (κ2) is 6.16. The SMILES string of the molecule is CO[Si](OC)(OC(N)c1ccc2c(c1)C=C2)c1ccccc1. The third kappa shape index (κ3) is 2.65. The van der Waals surface area contributed by atoms with Gasteiger partial charge in [-0.15, -0.1) is 0 Å². The molecule has 0 aliphatic heterocycles. The lowest BCUT2D eigenvalue weighted by Crippen LogP contribution is -2.56. The van der Waals surface area contributed by atoms with Gasteiger partial charge in [-0.3, -0.25) is 0 Å². The fraction of sp³-hybridized carbons (Fsp3) is 0.176. The van der Waals surface area contributed by atoms with Crippen molar-refractivity contribution in [1.29, 1.82) is 0 Å². The molecule has 4 nitrogen and oxygen atoms in total. The fourth-order valence-electron chi connectivity index (χ4n) is 2.51. The third-order valence-electron chi connectivity index (χ3n) is 3.83. The van der Waals surface area contributed by atoms with Crippen molar-refractivity contribution in [1.82, 2.24) is 0 Å². The Morgan fingerprint density at radius 3 is 2.14 bits per heavy atom. The van der Waals surface area contributed by atoms with Crippen LogP contribution in [0.15, 0.2) is 48.5 Å². The molecular formula is C17H19NO3Si. The van der Waals surface area contributed by atoms with Crippen molar-refractivity contribution in [3.05, 3.63) is 65.2 Å². The number of benzene rings is 2. The summed E-state index contributed by atoms with van der Waals surface area (Å²) in [5.41, 5.74) is 9.55. The molecule has 2 N–H and O–H groups in total. The van der Waals surface area contributed by atoms with E-state index in [-0.39, 0.29) is 0 Å². The predicted octanol–water partition coefficient (Wildman–Crippen LogP) is 2.28. The normalized spacial score (nSPS) is 14.3. The molecule has 0 aromatic heterocycles. The Balaban J connectivity index is 1.86. The second-order valence-corrected chi connectivity index (χ2v) is 7.83. The molecule has 3 rings (SSSR count). The lowest BCUT2D eigenvalue weighted by molar-refractivity contribution is 0.0703. The number of nitrogens with two attached hydrogens (primary N) is 1. The van der Waals surface area contributed by atoms with Crippen LogP contribution in [0.3, 0.4) is 0 Å². The van der Waals surface area contributed by atoms with Crippen LogP contribution < -0.4 is 10.9 Å². The summed E-state index contributed by atoms with van der Waals surface area (Å²) in [5, 5.41) is 0.888. The molecule has 0 fully saturated rings. The lowest BCUT2D eigenvalue weighted by atomic mass is 9.95. The number of fused-ring (bicyclic) bond motifs is 1. The molecule has 22 heavy (non-hydrogen) atoms. The van der Waals surface area contributed by atoms with Crippen LogP contribution in [0, 0.1) is 0 Å². The number of hydrogen-bond acceptors (Lipinski definition) is 4. The summed E-state index contributed by atoms with van der Waals surface area (Å²) in [6, 6.07) is 15.7. The van der Waals surface area contributed by atoms with E-state index in [1.807, 2.05) is 48.5 Å². The monoisotopic (exact) mass is 313 g/mol. The molecule has 2 aromatic carbocycles. The van der Waals surface area contributed by atoms with Gasteiger partial charge in [0.15, 0.2) is 0 Å². The van der Waals surface area contributed by atoms with Crippen molar-refractivity contribution in [3.8, 4) is 0 Å². The van der Waals surface area contributed by atoms with Crippen molar-refractivity contribution in [2.45, 2.75) is 6.23 Å². The minimum atomic E-state index is -3.02. The predicted molar refractivity (Wildman–Crippen MR) is 89.2 cm³/mol. The standard InChI is InChI=1S/C17H19NO3Si/c1-19-22(20-2,16-6-4-3-5-7-16)21-17(18)15-11-9-13-8-10-14(13)12-15/h3-12,17H,18H2,1-2H3. The van der Waals surface area contributed by atoms with Crippen LogP contribution in [0.25, 0.3) is 12.2 Å². The quantitative estimate of drug-likeness (QED) is 0.560. The van der Waals surface area contributed by atoms with Crippen molar-refractivity contribution in [3.63, 3.8) is 0 Å². The molecule has 0 radical (unpaired) electrons. The zero-order valence-corrected chi connectivity index (χ0v) is 13.7. The van der Waals surface area contributed by atoms with E-state index < -0.39 is 15.0 Å². The summed E-state index contributed by atoms with van der Waals surface area (Å²) in [5.74, 6) is 0. The van der Waals surface area contributed by atoms with E-state index in [0.717, 1.165) is 10.8 Å². The maximum Gasteiger partial charge on any atom is 0.538 e. The first-order valence-corrected chi connectivity index (χ1v) is 8.82. The van der Waals surface area contributed by atoms with Gasteiger partial charge in [0.05, 0.1) is 0 Å². The summed E-state index contributed by atoms with van der Waals surface area (Å²) in [4.78, 5) is 0. The van der Waals surface area contributed by atoms with Crippen LogP contribution in [0.5, 0.6) is 0 Å². The maximum absolute atomic E-state index is 6.24. The largest absolute Gasteiger partial charge is 0.538 e. The molecule has 1 atom stereocenters. The Morgan fingerprint density at radius 1 is 0.909 bits per heavy atom. The van der Waals surface area contributed by atoms with Gasteiger partial charge >= 0.3 is 8.80 Å². The van der Waals surface area contributed by atoms with Crippen molar-refractivity contribution in [2.24, 2.45) is 5.73 Å². The Morgan fingerprint density at radius 2 is 1.59 bits per heavy atom. The molecule has 0 heterocycles. The molecule has 0 saturated carbocycles. The molecule has 0 spiro atoms. The highest BCUT2D eigenvalue weighted by Crippen LogP contribution is 2.27. The summed E-state index contributed by atoms with van der Waals surface area (Å²) in [6.07, 6.45) is 3.52. The summed E-state index contributed by atoms with van der Waals surface area (Å²) >= 11 is 0. The van der Waals surface area contributed by atoms with E-state index in [1.165, 1.54) is 11.1 Å².